The number of ketones is 1. The number of aliphatic hydroxyl groups is 1. The molecule has 2 aromatic rings. The maximum atomic E-state index is 12.3. The van der Waals surface area contributed by atoms with Crippen LogP contribution in [0.4, 0.5) is 0 Å². The van der Waals surface area contributed by atoms with Crippen molar-refractivity contribution in [3.05, 3.63) is 59.2 Å². The smallest absolute Gasteiger partial charge is 0.199 e. The quantitative estimate of drug-likeness (QED) is 0.738. The van der Waals surface area contributed by atoms with E-state index in [2.05, 4.69) is 0 Å². The van der Waals surface area contributed by atoms with Crippen molar-refractivity contribution in [2.75, 3.05) is 0 Å². The third-order valence-electron chi connectivity index (χ3n) is 3.39. The zero-order chi connectivity index (χ0) is 15.4. The number of phenols is 2. The van der Waals surface area contributed by atoms with Crippen LogP contribution in [0, 0.1) is 0 Å². The van der Waals surface area contributed by atoms with Gasteiger partial charge in [0.15, 0.2) is 5.78 Å². The van der Waals surface area contributed by atoms with E-state index in [9.17, 15) is 20.1 Å². The van der Waals surface area contributed by atoms with E-state index in [4.69, 9.17) is 0 Å². The summed E-state index contributed by atoms with van der Waals surface area (Å²) < 4.78 is 0. The average molecular weight is 286 g/mol. The molecule has 4 heteroatoms. The van der Waals surface area contributed by atoms with Crippen LogP contribution in [0.2, 0.25) is 0 Å². The summed E-state index contributed by atoms with van der Waals surface area (Å²) in [6, 6.07) is 11.2. The Hall–Kier alpha value is -2.33. The molecule has 0 aromatic heterocycles. The van der Waals surface area contributed by atoms with Crippen LogP contribution in [0.1, 0.15) is 40.9 Å². The molecule has 1 unspecified atom stereocenters. The van der Waals surface area contributed by atoms with Gasteiger partial charge in [-0.25, -0.2) is 0 Å². The van der Waals surface area contributed by atoms with Crippen molar-refractivity contribution < 1.29 is 20.1 Å². The van der Waals surface area contributed by atoms with E-state index >= 15 is 0 Å². The van der Waals surface area contributed by atoms with Gasteiger partial charge in [0.1, 0.15) is 17.6 Å². The van der Waals surface area contributed by atoms with E-state index in [0.29, 0.717) is 17.5 Å². The molecule has 1 atom stereocenters. The van der Waals surface area contributed by atoms with Gasteiger partial charge in [0.05, 0.1) is 5.56 Å². The molecule has 0 heterocycles. The van der Waals surface area contributed by atoms with E-state index in [-0.39, 0.29) is 17.1 Å². The van der Waals surface area contributed by atoms with Crippen molar-refractivity contribution in [1.29, 1.82) is 0 Å². The van der Waals surface area contributed by atoms with Crippen molar-refractivity contribution >= 4 is 5.78 Å². The Bertz CT molecular complexity index is 635. The van der Waals surface area contributed by atoms with Crippen molar-refractivity contribution in [3.8, 4) is 11.5 Å². The summed E-state index contributed by atoms with van der Waals surface area (Å²) in [6.07, 6.45) is -0.156. The fourth-order valence-corrected chi connectivity index (χ4v) is 2.25. The highest BCUT2D eigenvalue weighted by molar-refractivity contribution is 6.02. The van der Waals surface area contributed by atoms with Crippen LogP contribution in [0.25, 0.3) is 0 Å². The molecule has 0 radical (unpaired) electrons. The number of aliphatic hydroxyl groups excluding tert-OH is 1. The van der Waals surface area contributed by atoms with Gasteiger partial charge in [0.25, 0.3) is 0 Å². The lowest BCUT2D eigenvalue weighted by Gasteiger charge is -2.14. The van der Waals surface area contributed by atoms with E-state index in [1.807, 2.05) is 6.92 Å². The highest BCUT2D eigenvalue weighted by Crippen LogP contribution is 2.34. The maximum absolute atomic E-state index is 12.3. The van der Waals surface area contributed by atoms with E-state index in [0.717, 1.165) is 6.42 Å². The van der Waals surface area contributed by atoms with Crippen LogP contribution in [-0.2, 0) is 6.42 Å². The molecule has 4 nitrogen and oxygen atoms in total. The van der Waals surface area contributed by atoms with Crippen LogP contribution in [0.5, 0.6) is 11.5 Å². The fourth-order valence-electron chi connectivity index (χ4n) is 2.25. The summed E-state index contributed by atoms with van der Waals surface area (Å²) in [5.41, 5.74) is 0.822. The van der Waals surface area contributed by atoms with Gasteiger partial charge in [-0.1, -0.05) is 43.7 Å². The van der Waals surface area contributed by atoms with Crippen LogP contribution in [-0.4, -0.2) is 21.1 Å². The lowest BCUT2D eigenvalue weighted by molar-refractivity contribution is 0.0744. The Kier molecular flexibility index (Phi) is 4.60. The lowest BCUT2D eigenvalue weighted by atomic mass is 9.96. The molecular formula is C17H18O4. The molecule has 3 N–H and O–H groups in total. The maximum Gasteiger partial charge on any atom is 0.199 e. The minimum Gasteiger partial charge on any atom is -0.508 e. The van der Waals surface area contributed by atoms with Gasteiger partial charge in [0, 0.05) is 5.56 Å². The van der Waals surface area contributed by atoms with Gasteiger partial charge in [0.2, 0.25) is 0 Å². The molecule has 0 saturated carbocycles. The Morgan fingerprint density at radius 3 is 2.38 bits per heavy atom. The first-order chi connectivity index (χ1) is 10.1. The molecule has 0 spiro atoms. The standard InChI is InChI=1S/C17H18O4/c1-2-6-12-14(18)10-9-13(16(12)20)17(21)15(19)11-7-4-3-5-8-11/h3-5,7-10,15,18-20H,2,6H2,1H3. The molecule has 0 aliphatic rings. The summed E-state index contributed by atoms with van der Waals surface area (Å²) in [5, 5.41) is 30.1. The minimum atomic E-state index is -1.34. The Morgan fingerprint density at radius 2 is 1.76 bits per heavy atom. The second-order valence-electron chi connectivity index (χ2n) is 4.89. The Labute approximate surface area is 123 Å². The van der Waals surface area contributed by atoms with Crippen molar-refractivity contribution in [1.82, 2.24) is 0 Å². The van der Waals surface area contributed by atoms with Gasteiger partial charge in [-0.3, -0.25) is 4.79 Å². The molecule has 0 aliphatic carbocycles. The lowest BCUT2D eigenvalue weighted by Crippen LogP contribution is -2.13. The normalized spacial score (nSPS) is 12.1. The third kappa shape index (κ3) is 3.06. The fraction of sp³-hybridized carbons (Fsp3) is 0.235. The SMILES string of the molecule is CCCc1c(O)ccc(C(=O)C(O)c2ccccc2)c1O. The predicted octanol–water partition coefficient (Wildman–Crippen LogP) is 2.97. The number of benzene rings is 2. The Balaban J connectivity index is 2.38. The average Bonchev–Trinajstić information content (AvgIpc) is 2.51. The van der Waals surface area contributed by atoms with Crippen molar-refractivity contribution in [3.63, 3.8) is 0 Å². The number of carbonyl (C=O) groups is 1. The van der Waals surface area contributed by atoms with Gasteiger partial charge >= 0.3 is 0 Å². The van der Waals surface area contributed by atoms with Crippen LogP contribution < -0.4 is 0 Å². The monoisotopic (exact) mass is 286 g/mol. The van der Waals surface area contributed by atoms with Gasteiger partial charge in [-0.15, -0.1) is 0 Å². The van der Waals surface area contributed by atoms with Gasteiger partial charge in [-0.2, -0.15) is 0 Å². The highest BCUT2D eigenvalue weighted by atomic mass is 16.3. The number of phenolic OH excluding ortho intramolecular Hbond substituents is 2. The summed E-state index contributed by atoms with van der Waals surface area (Å²) in [6.45, 7) is 1.91. The number of Topliss-reactive ketones (excluding diaryl/α,β-unsaturated/α-hetero) is 1. The van der Waals surface area contributed by atoms with Crippen LogP contribution in [0.3, 0.4) is 0 Å². The number of rotatable bonds is 5. The highest BCUT2D eigenvalue weighted by Gasteiger charge is 2.24. The van der Waals surface area contributed by atoms with E-state index in [1.165, 1.54) is 12.1 Å². The van der Waals surface area contributed by atoms with Gasteiger partial charge in [-0.05, 0) is 24.1 Å². The molecule has 0 saturated heterocycles. The van der Waals surface area contributed by atoms with Crippen molar-refractivity contribution in [2.24, 2.45) is 0 Å². The predicted molar refractivity (Wildman–Crippen MR) is 79.5 cm³/mol. The second kappa shape index (κ2) is 6.41. The summed E-state index contributed by atoms with van der Waals surface area (Å²) in [7, 11) is 0. The summed E-state index contributed by atoms with van der Waals surface area (Å²) >= 11 is 0. The first-order valence-electron chi connectivity index (χ1n) is 6.87. The zero-order valence-electron chi connectivity index (χ0n) is 11.8. The Morgan fingerprint density at radius 1 is 1.10 bits per heavy atom. The molecule has 21 heavy (non-hydrogen) atoms. The molecule has 2 aromatic carbocycles. The molecule has 2 rings (SSSR count). The third-order valence-corrected chi connectivity index (χ3v) is 3.39. The summed E-state index contributed by atoms with van der Waals surface area (Å²) in [4.78, 5) is 12.3. The van der Waals surface area contributed by atoms with Crippen LogP contribution in [0.15, 0.2) is 42.5 Å². The zero-order valence-corrected chi connectivity index (χ0v) is 11.8. The molecule has 0 bridgehead atoms. The van der Waals surface area contributed by atoms with E-state index < -0.39 is 11.9 Å². The van der Waals surface area contributed by atoms with Crippen LogP contribution >= 0.6 is 0 Å². The molecular weight excluding hydrogens is 268 g/mol. The topological polar surface area (TPSA) is 77.8 Å². The molecule has 110 valence electrons. The first kappa shape index (κ1) is 15.1. The molecule has 0 amide bonds. The number of hydrogen-bond donors (Lipinski definition) is 3. The number of hydrogen-bond acceptors (Lipinski definition) is 4. The van der Waals surface area contributed by atoms with E-state index in [1.54, 1.807) is 30.3 Å². The molecule has 0 fully saturated rings. The van der Waals surface area contributed by atoms with Crippen molar-refractivity contribution in [2.45, 2.75) is 25.9 Å². The molecule has 0 aliphatic heterocycles. The summed E-state index contributed by atoms with van der Waals surface area (Å²) in [5.74, 6) is -0.881. The number of aromatic hydroxyl groups is 2. The number of carbonyl (C=O) groups excluding carboxylic acids is 1. The largest absolute Gasteiger partial charge is 0.508 e. The van der Waals surface area contributed by atoms with Gasteiger partial charge < -0.3 is 15.3 Å². The first-order valence-corrected chi connectivity index (χ1v) is 6.87. The second-order valence-corrected chi connectivity index (χ2v) is 4.89. The minimum absolute atomic E-state index is 0.0209.